The maximum Gasteiger partial charge on any atom is 0.243 e. The van der Waals surface area contributed by atoms with E-state index in [1.54, 1.807) is 18.2 Å². The lowest BCUT2D eigenvalue weighted by Gasteiger charge is -2.24. The standard InChI is InChI=1S/C22H33N5O4S/c1-4-9-20-24-22(31-25-20)13-12-21(28)23-18-16-17(32(29,30)27(5-2)6-3)10-11-19(18)26-14-7-8-15-26/h10-11,16H,4-9,12-15H2,1-3H3,(H,23,28). The van der Waals surface area contributed by atoms with Crippen LogP contribution in [-0.2, 0) is 27.7 Å². The minimum atomic E-state index is -3.63. The summed E-state index contributed by atoms with van der Waals surface area (Å²) in [5.74, 6) is 0.854. The fraction of sp³-hybridized carbons (Fsp3) is 0.591. The molecule has 10 heteroatoms. The van der Waals surface area contributed by atoms with Crippen molar-refractivity contribution in [1.29, 1.82) is 0 Å². The van der Waals surface area contributed by atoms with E-state index in [0.717, 1.165) is 44.5 Å². The first kappa shape index (κ1) is 24.2. The molecule has 0 radical (unpaired) electrons. The lowest BCUT2D eigenvalue weighted by Crippen LogP contribution is -2.31. The molecule has 1 saturated heterocycles. The summed E-state index contributed by atoms with van der Waals surface area (Å²) >= 11 is 0. The van der Waals surface area contributed by atoms with E-state index in [0.29, 0.717) is 36.9 Å². The number of nitrogens with zero attached hydrogens (tertiary/aromatic N) is 4. The maximum absolute atomic E-state index is 13.0. The van der Waals surface area contributed by atoms with E-state index in [2.05, 4.69) is 20.4 Å². The number of hydrogen-bond donors (Lipinski definition) is 1. The molecule has 0 spiro atoms. The van der Waals surface area contributed by atoms with Crippen molar-refractivity contribution in [3.8, 4) is 0 Å². The predicted molar refractivity (Wildman–Crippen MR) is 123 cm³/mol. The van der Waals surface area contributed by atoms with Gasteiger partial charge in [-0.3, -0.25) is 4.79 Å². The molecule has 1 amide bonds. The van der Waals surface area contributed by atoms with Gasteiger partial charge in [-0.05, 0) is 37.5 Å². The Kier molecular flexibility index (Phi) is 8.25. The molecule has 0 atom stereocenters. The molecule has 1 aromatic heterocycles. The molecule has 0 bridgehead atoms. The molecule has 0 saturated carbocycles. The third-order valence-corrected chi connectivity index (χ3v) is 7.63. The Bertz CT molecular complexity index is 1010. The molecule has 1 fully saturated rings. The molecule has 3 rings (SSSR count). The van der Waals surface area contributed by atoms with Gasteiger partial charge in [0.1, 0.15) is 0 Å². The molecule has 2 heterocycles. The highest BCUT2D eigenvalue weighted by atomic mass is 32.2. The molecule has 0 aliphatic carbocycles. The third kappa shape index (κ3) is 5.66. The SMILES string of the molecule is CCCc1noc(CCC(=O)Nc2cc(S(=O)(=O)N(CC)CC)ccc2N2CCCC2)n1. The maximum atomic E-state index is 13.0. The first-order valence-electron chi connectivity index (χ1n) is 11.4. The van der Waals surface area contributed by atoms with E-state index in [1.807, 2.05) is 20.8 Å². The Morgan fingerprint density at radius 3 is 2.53 bits per heavy atom. The van der Waals surface area contributed by atoms with Crippen LogP contribution in [0.3, 0.4) is 0 Å². The van der Waals surface area contributed by atoms with Crippen LogP contribution in [0.25, 0.3) is 0 Å². The lowest BCUT2D eigenvalue weighted by atomic mass is 10.2. The molecule has 1 aromatic carbocycles. The van der Waals surface area contributed by atoms with E-state index < -0.39 is 10.0 Å². The van der Waals surface area contributed by atoms with Crippen LogP contribution in [0.2, 0.25) is 0 Å². The highest BCUT2D eigenvalue weighted by molar-refractivity contribution is 7.89. The highest BCUT2D eigenvalue weighted by Gasteiger charge is 2.25. The van der Waals surface area contributed by atoms with E-state index in [-0.39, 0.29) is 17.2 Å². The van der Waals surface area contributed by atoms with Crippen molar-refractivity contribution in [3.63, 3.8) is 0 Å². The number of carbonyl (C=O) groups is 1. The number of rotatable bonds is 11. The number of carbonyl (C=O) groups excluding carboxylic acids is 1. The van der Waals surface area contributed by atoms with Crippen molar-refractivity contribution in [2.24, 2.45) is 0 Å². The van der Waals surface area contributed by atoms with Crippen LogP contribution in [0, 0.1) is 0 Å². The van der Waals surface area contributed by atoms with E-state index in [1.165, 1.54) is 4.31 Å². The largest absolute Gasteiger partial charge is 0.370 e. The summed E-state index contributed by atoms with van der Waals surface area (Å²) in [4.78, 5) is 19.4. The van der Waals surface area contributed by atoms with Gasteiger partial charge in [0.2, 0.25) is 21.8 Å². The summed E-state index contributed by atoms with van der Waals surface area (Å²) in [6.45, 7) is 8.20. The minimum absolute atomic E-state index is 0.167. The van der Waals surface area contributed by atoms with Gasteiger partial charge in [-0.1, -0.05) is 25.9 Å². The Morgan fingerprint density at radius 2 is 1.88 bits per heavy atom. The van der Waals surface area contributed by atoms with Gasteiger partial charge >= 0.3 is 0 Å². The summed E-state index contributed by atoms with van der Waals surface area (Å²) in [6, 6.07) is 5.00. The van der Waals surface area contributed by atoms with Crippen molar-refractivity contribution < 1.29 is 17.7 Å². The van der Waals surface area contributed by atoms with Crippen LogP contribution in [0.1, 0.15) is 58.2 Å². The number of amides is 1. The first-order chi connectivity index (χ1) is 15.4. The van der Waals surface area contributed by atoms with E-state index in [9.17, 15) is 13.2 Å². The van der Waals surface area contributed by atoms with Gasteiger partial charge in [0.25, 0.3) is 0 Å². The molecular formula is C22H33N5O4S. The molecule has 176 valence electrons. The zero-order chi connectivity index (χ0) is 23.1. The van der Waals surface area contributed by atoms with Gasteiger partial charge in [0, 0.05) is 45.4 Å². The van der Waals surface area contributed by atoms with Crippen LogP contribution >= 0.6 is 0 Å². The molecule has 2 aromatic rings. The number of hydrogen-bond acceptors (Lipinski definition) is 7. The summed E-state index contributed by atoms with van der Waals surface area (Å²) in [5.41, 5.74) is 1.36. The zero-order valence-corrected chi connectivity index (χ0v) is 19.9. The summed E-state index contributed by atoms with van der Waals surface area (Å²) in [7, 11) is -3.63. The van der Waals surface area contributed by atoms with Gasteiger partial charge in [0.15, 0.2) is 5.82 Å². The predicted octanol–water partition coefficient (Wildman–Crippen LogP) is 3.22. The molecule has 32 heavy (non-hydrogen) atoms. The number of benzene rings is 1. The average Bonchev–Trinajstić information content (AvgIpc) is 3.45. The second kappa shape index (κ2) is 10.9. The summed E-state index contributed by atoms with van der Waals surface area (Å²) in [6.07, 6.45) is 4.31. The second-order valence-corrected chi connectivity index (χ2v) is 9.80. The van der Waals surface area contributed by atoms with Crippen molar-refractivity contribution in [2.45, 2.75) is 64.2 Å². The fourth-order valence-corrected chi connectivity index (χ4v) is 5.36. The van der Waals surface area contributed by atoms with Crippen LogP contribution in [0.5, 0.6) is 0 Å². The van der Waals surface area contributed by atoms with Gasteiger partial charge in [0.05, 0.1) is 16.3 Å². The van der Waals surface area contributed by atoms with Gasteiger partial charge in [-0.25, -0.2) is 8.42 Å². The minimum Gasteiger partial charge on any atom is -0.370 e. The quantitative estimate of drug-likeness (QED) is 0.545. The average molecular weight is 464 g/mol. The van der Waals surface area contributed by atoms with Crippen molar-refractivity contribution in [3.05, 3.63) is 29.9 Å². The molecular weight excluding hydrogens is 430 g/mol. The topological polar surface area (TPSA) is 109 Å². The van der Waals surface area contributed by atoms with Gasteiger partial charge in [-0.2, -0.15) is 9.29 Å². The van der Waals surface area contributed by atoms with E-state index >= 15 is 0 Å². The van der Waals surface area contributed by atoms with Crippen molar-refractivity contribution >= 4 is 27.3 Å². The Labute approximate surface area is 190 Å². The number of aromatic nitrogens is 2. The van der Waals surface area contributed by atoms with Gasteiger partial charge in [-0.15, -0.1) is 0 Å². The molecule has 1 aliphatic rings. The van der Waals surface area contributed by atoms with Crippen LogP contribution < -0.4 is 10.2 Å². The fourth-order valence-electron chi connectivity index (χ4n) is 3.87. The Hall–Kier alpha value is -2.46. The number of anilines is 2. The molecule has 1 aliphatic heterocycles. The number of nitrogens with one attached hydrogen (secondary N) is 1. The first-order valence-corrected chi connectivity index (χ1v) is 12.8. The van der Waals surface area contributed by atoms with Crippen molar-refractivity contribution in [2.75, 3.05) is 36.4 Å². The molecule has 0 unspecified atom stereocenters. The monoisotopic (exact) mass is 463 g/mol. The molecule has 9 nitrogen and oxygen atoms in total. The van der Waals surface area contributed by atoms with Crippen LogP contribution in [-0.4, -0.2) is 54.9 Å². The molecule has 1 N–H and O–H groups in total. The van der Waals surface area contributed by atoms with Gasteiger partial charge < -0.3 is 14.7 Å². The van der Waals surface area contributed by atoms with Crippen molar-refractivity contribution in [1.82, 2.24) is 14.4 Å². The third-order valence-electron chi connectivity index (χ3n) is 5.58. The Balaban J connectivity index is 1.79. The highest BCUT2D eigenvalue weighted by Crippen LogP contribution is 2.32. The number of aryl methyl sites for hydroxylation is 2. The summed E-state index contributed by atoms with van der Waals surface area (Å²) < 4.78 is 32.6. The zero-order valence-electron chi connectivity index (χ0n) is 19.1. The smallest absolute Gasteiger partial charge is 0.243 e. The summed E-state index contributed by atoms with van der Waals surface area (Å²) in [5, 5.41) is 6.83. The van der Waals surface area contributed by atoms with E-state index in [4.69, 9.17) is 4.52 Å². The second-order valence-electron chi connectivity index (χ2n) is 7.86. The van der Waals surface area contributed by atoms with Crippen LogP contribution in [0.15, 0.2) is 27.6 Å². The number of sulfonamides is 1. The normalized spacial score (nSPS) is 14.3. The Morgan fingerprint density at radius 1 is 1.16 bits per heavy atom. The van der Waals surface area contributed by atoms with Crippen LogP contribution in [0.4, 0.5) is 11.4 Å². The lowest BCUT2D eigenvalue weighted by molar-refractivity contribution is -0.116.